The number of benzene rings is 1. The number of nitrogens with one attached hydrogen (secondary N) is 1. The maximum absolute atomic E-state index is 12.1. The molecular weight excluding hydrogens is 271 g/mol. The van der Waals surface area contributed by atoms with Gasteiger partial charge in [-0.15, -0.1) is 4.52 Å². The van der Waals surface area contributed by atoms with Gasteiger partial charge in [-0.05, 0) is 16.7 Å². The van der Waals surface area contributed by atoms with E-state index in [1.165, 1.54) is 18.3 Å². The van der Waals surface area contributed by atoms with Crippen molar-refractivity contribution in [3.63, 3.8) is 0 Å². The van der Waals surface area contributed by atoms with E-state index in [4.69, 9.17) is 14.4 Å². The molecule has 1 aliphatic rings. The van der Waals surface area contributed by atoms with Gasteiger partial charge in [-0.25, -0.2) is 10.2 Å². The fraction of sp³-hybridized carbons (Fsp3) is 0.273. The van der Waals surface area contributed by atoms with Crippen molar-refractivity contribution in [2.24, 2.45) is 0 Å². The van der Waals surface area contributed by atoms with E-state index in [9.17, 15) is 9.77 Å². The van der Waals surface area contributed by atoms with Gasteiger partial charge in [0.25, 0.3) is 5.31 Å². The van der Waals surface area contributed by atoms with E-state index in [-0.39, 0.29) is 5.17 Å². The molecule has 0 saturated carbocycles. The minimum absolute atomic E-state index is 0.247. The molecule has 8 heteroatoms. The van der Waals surface area contributed by atoms with Gasteiger partial charge in [0.2, 0.25) is 5.69 Å². The third kappa shape index (κ3) is 2.47. The number of hydrogen-bond donors (Lipinski definition) is 2. The monoisotopic (exact) mass is 285 g/mol. The van der Waals surface area contributed by atoms with Gasteiger partial charge in [-0.3, -0.25) is 0 Å². The van der Waals surface area contributed by atoms with Gasteiger partial charge < -0.3 is 15.1 Å². The van der Waals surface area contributed by atoms with Crippen molar-refractivity contribution in [2.45, 2.75) is 0 Å². The van der Waals surface area contributed by atoms with Gasteiger partial charge >= 0.3 is 8.03 Å². The number of aliphatic hydroxyl groups is 1. The number of rotatable bonds is 4. The Morgan fingerprint density at radius 2 is 2.26 bits per heavy atom. The first kappa shape index (κ1) is 13.9. The molecule has 0 spiro atoms. The molecule has 0 aliphatic carbocycles. The second-order valence-electron chi connectivity index (χ2n) is 3.83. The molecule has 2 rings (SSSR count). The first-order chi connectivity index (χ1) is 9.10. The predicted octanol–water partition coefficient (Wildman–Crippen LogP) is 0.577. The normalized spacial score (nSPS) is 18.7. The summed E-state index contributed by atoms with van der Waals surface area (Å²) >= 11 is 0. The Bertz CT molecular complexity index is 534. The minimum atomic E-state index is -2.24. The average molecular weight is 285 g/mol. The molecule has 0 amide bonds. The van der Waals surface area contributed by atoms with E-state index < -0.39 is 14.8 Å². The van der Waals surface area contributed by atoms with Crippen LogP contribution in [0.1, 0.15) is 5.56 Å². The van der Waals surface area contributed by atoms with Gasteiger partial charge in [0, 0.05) is 0 Å². The second-order valence-corrected chi connectivity index (χ2v) is 5.08. The fourth-order valence-corrected chi connectivity index (χ4v) is 2.79. The van der Waals surface area contributed by atoms with E-state index in [0.29, 0.717) is 22.3 Å². The summed E-state index contributed by atoms with van der Waals surface area (Å²) in [6.07, 6.45) is 1.44. The Kier molecular flexibility index (Phi) is 4.14. The average Bonchev–Trinajstić information content (AvgIpc) is 2.42. The summed E-state index contributed by atoms with van der Waals surface area (Å²) in [6.45, 7) is -0.649. The van der Waals surface area contributed by atoms with Crippen LogP contribution in [0.3, 0.4) is 0 Å². The zero-order valence-corrected chi connectivity index (χ0v) is 11.4. The van der Waals surface area contributed by atoms with Gasteiger partial charge in [-0.2, -0.15) is 0 Å². The van der Waals surface area contributed by atoms with Gasteiger partial charge in [0.1, 0.15) is 11.8 Å². The number of aliphatic hydroxyl groups excluding tert-OH is 1. The van der Waals surface area contributed by atoms with Crippen LogP contribution in [0.25, 0.3) is 5.31 Å². The third-order valence-corrected chi connectivity index (χ3v) is 3.84. The van der Waals surface area contributed by atoms with Crippen LogP contribution >= 0.6 is 8.03 Å². The number of methoxy groups -OCH3 is 1. The highest BCUT2D eigenvalue weighted by Gasteiger charge is 2.38. The number of fused-ring (bicyclic) bond motifs is 1. The molecule has 7 nitrogen and oxygen atoms in total. The van der Waals surface area contributed by atoms with E-state index in [1.54, 1.807) is 25.2 Å². The number of ether oxygens (including phenoxy) is 1. The quantitative estimate of drug-likeness (QED) is 0.478. The van der Waals surface area contributed by atoms with Crippen molar-refractivity contribution in [1.82, 2.24) is 5.01 Å². The van der Waals surface area contributed by atoms with E-state index in [1.807, 2.05) is 0 Å². The lowest BCUT2D eigenvalue weighted by Crippen LogP contribution is -3.08. The molecule has 19 heavy (non-hydrogen) atoms. The summed E-state index contributed by atoms with van der Waals surface area (Å²) in [5.41, 5.74) is 0.840. The largest absolute Gasteiger partial charge is 0.602 e. The smallest absolute Gasteiger partial charge is 0.553 e. The molecule has 1 heterocycles. The summed E-state index contributed by atoms with van der Waals surface area (Å²) in [7, 11) is 0.782. The van der Waals surface area contributed by atoms with Crippen LogP contribution in [0, 0.1) is 5.21 Å². The van der Waals surface area contributed by atoms with Crippen LogP contribution in [0.15, 0.2) is 24.4 Å². The molecular formula is C11H14N2O5P+. The highest BCUT2D eigenvalue weighted by molar-refractivity contribution is 7.51. The highest BCUT2D eigenvalue weighted by atomic mass is 31.1. The number of nitrogens with zero attached hydrogens (tertiary/aromatic N) is 1. The molecule has 0 saturated heterocycles. The zero-order chi connectivity index (χ0) is 14.0. The van der Waals surface area contributed by atoms with Crippen molar-refractivity contribution in [3.05, 3.63) is 35.2 Å². The molecule has 2 atom stereocenters. The molecule has 0 fully saturated rings. The van der Waals surface area contributed by atoms with E-state index in [2.05, 4.69) is 0 Å². The van der Waals surface area contributed by atoms with Crippen molar-refractivity contribution in [3.8, 4) is 5.75 Å². The SMILES string of the molecule is COc1cccc2c1[NH+]([O-])N(C)C=C2[P+](=O)OCO. The maximum atomic E-state index is 12.1. The molecule has 1 aromatic rings. The zero-order valence-electron chi connectivity index (χ0n) is 10.5. The van der Waals surface area contributed by atoms with Crippen LogP contribution in [0.2, 0.25) is 0 Å². The molecule has 1 aliphatic heterocycles. The Morgan fingerprint density at radius 3 is 2.89 bits per heavy atom. The first-order valence-electron chi connectivity index (χ1n) is 5.47. The van der Waals surface area contributed by atoms with Crippen LogP contribution < -0.4 is 9.91 Å². The predicted molar refractivity (Wildman–Crippen MR) is 68.5 cm³/mol. The van der Waals surface area contributed by atoms with Crippen LogP contribution in [-0.4, -0.2) is 31.1 Å². The molecule has 102 valence electrons. The lowest BCUT2D eigenvalue weighted by Gasteiger charge is -2.33. The summed E-state index contributed by atoms with van der Waals surface area (Å²) in [6, 6.07) is 5.03. The second kappa shape index (κ2) is 5.64. The highest BCUT2D eigenvalue weighted by Crippen LogP contribution is 2.46. The summed E-state index contributed by atoms with van der Waals surface area (Å²) in [5.74, 6) is 0.410. The minimum Gasteiger partial charge on any atom is -0.602 e. The van der Waals surface area contributed by atoms with Crippen molar-refractivity contribution >= 4 is 19.0 Å². The Morgan fingerprint density at radius 1 is 1.53 bits per heavy atom. The van der Waals surface area contributed by atoms with Gasteiger partial charge in [0.15, 0.2) is 12.5 Å². The fourth-order valence-electron chi connectivity index (χ4n) is 1.89. The Balaban J connectivity index is 2.55. The number of quaternary nitrogens is 1. The van der Waals surface area contributed by atoms with Crippen molar-refractivity contribution in [2.75, 3.05) is 21.0 Å². The summed E-state index contributed by atoms with van der Waals surface area (Å²) in [4.78, 5) is 0. The van der Waals surface area contributed by atoms with Crippen molar-refractivity contribution < 1.29 is 24.1 Å². The van der Waals surface area contributed by atoms with E-state index in [0.717, 1.165) is 0 Å². The maximum Gasteiger partial charge on any atom is 0.553 e. The topological polar surface area (TPSA) is 86.5 Å². The Hall–Kier alpha value is -1.50. The van der Waals surface area contributed by atoms with Crippen LogP contribution in [0.4, 0.5) is 5.69 Å². The lowest BCUT2D eigenvalue weighted by molar-refractivity contribution is -0.899. The van der Waals surface area contributed by atoms with Crippen LogP contribution in [-0.2, 0) is 9.09 Å². The Labute approximate surface area is 111 Å². The summed E-state index contributed by atoms with van der Waals surface area (Å²) in [5, 5.41) is 22.2. The molecule has 0 radical (unpaired) electrons. The first-order valence-corrected chi connectivity index (χ1v) is 6.65. The van der Waals surface area contributed by atoms with E-state index >= 15 is 0 Å². The van der Waals surface area contributed by atoms with Gasteiger partial charge in [0.05, 0.1) is 14.2 Å². The molecule has 2 N–H and O–H groups in total. The molecule has 1 aromatic carbocycles. The van der Waals surface area contributed by atoms with Crippen LogP contribution in [0.5, 0.6) is 5.75 Å². The van der Waals surface area contributed by atoms with Gasteiger partial charge in [-0.1, -0.05) is 6.07 Å². The molecule has 0 bridgehead atoms. The molecule has 0 aromatic heterocycles. The molecule has 2 unspecified atom stereocenters. The standard InChI is InChI=1S/C11H14N2O5P/c1-12-6-10(19(16)18-7-14)8-4-3-5-9(17-2)11(8)13(12)15/h3-6,13-14H,7H2,1-2H3/q+1. The lowest BCUT2D eigenvalue weighted by atomic mass is 10.1. The third-order valence-electron chi connectivity index (χ3n) is 2.74. The summed E-state index contributed by atoms with van der Waals surface area (Å²) < 4.78 is 21.8. The number of hydrogen-bond acceptors (Lipinski definition) is 6. The van der Waals surface area contributed by atoms with Crippen molar-refractivity contribution in [1.29, 1.82) is 0 Å².